The van der Waals surface area contributed by atoms with Crippen molar-refractivity contribution in [2.45, 2.75) is 13.8 Å². The molecule has 2 rings (SSSR count). The van der Waals surface area contributed by atoms with Gasteiger partial charge in [-0.25, -0.2) is 0 Å². The van der Waals surface area contributed by atoms with E-state index in [4.69, 9.17) is 12.2 Å². The van der Waals surface area contributed by atoms with Gasteiger partial charge in [0.15, 0.2) is 0 Å². The molecule has 0 saturated carbocycles. The highest BCUT2D eigenvalue weighted by Crippen LogP contribution is 2.17. The summed E-state index contributed by atoms with van der Waals surface area (Å²) in [6.45, 7) is 3.80. The molecule has 5 nitrogen and oxygen atoms in total. The molecular formula is C16H17N3O2S. The molecule has 0 fully saturated rings. The topological polar surface area (TPSA) is 74.0 Å². The van der Waals surface area contributed by atoms with Gasteiger partial charge in [-0.15, -0.1) is 0 Å². The Morgan fingerprint density at radius 3 is 2.68 bits per heavy atom. The average Bonchev–Trinajstić information content (AvgIpc) is 2.50. The smallest absolute Gasteiger partial charge is 0.254 e. The number of carbonyl (C=O) groups excluding carboxylic acids is 2. The van der Waals surface area contributed by atoms with Crippen molar-refractivity contribution in [3.05, 3.63) is 57.9 Å². The summed E-state index contributed by atoms with van der Waals surface area (Å²) in [4.78, 5) is 26.7. The molecule has 1 aromatic carbocycles. The van der Waals surface area contributed by atoms with Gasteiger partial charge in [0.25, 0.3) is 5.91 Å². The van der Waals surface area contributed by atoms with Crippen LogP contribution in [0.4, 0.5) is 5.69 Å². The Balaban J connectivity index is 1.96. The monoisotopic (exact) mass is 315 g/mol. The number of H-pyrrole nitrogens is 1. The standard InChI is InChI=1S/C16H17N3O2S/c1-10-5-3-7-13(11(10)2)19-14(20)9-18-15(21)12-6-4-8-17-16(12)22/h3-8H,9H2,1-2H3,(H,17,22)(H,18,21)(H,19,20). The van der Waals surface area contributed by atoms with E-state index in [1.165, 1.54) is 0 Å². The van der Waals surface area contributed by atoms with Gasteiger partial charge >= 0.3 is 0 Å². The number of anilines is 1. The lowest BCUT2D eigenvalue weighted by atomic mass is 10.1. The van der Waals surface area contributed by atoms with Crippen LogP contribution in [0.15, 0.2) is 36.5 Å². The summed E-state index contributed by atoms with van der Waals surface area (Å²) >= 11 is 5.03. The zero-order valence-corrected chi connectivity index (χ0v) is 13.2. The molecule has 22 heavy (non-hydrogen) atoms. The number of aryl methyl sites for hydroxylation is 1. The largest absolute Gasteiger partial charge is 0.352 e. The lowest BCUT2D eigenvalue weighted by molar-refractivity contribution is -0.115. The maximum Gasteiger partial charge on any atom is 0.254 e. The van der Waals surface area contributed by atoms with Crippen LogP contribution in [0, 0.1) is 18.5 Å². The molecule has 1 heterocycles. The number of amides is 2. The van der Waals surface area contributed by atoms with Crippen molar-refractivity contribution in [1.29, 1.82) is 0 Å². The summed E-state index contributed by atoms with van der Waals surface area (Å²) < 4.78 is 0.343. The van der Waals surface area contributed by atoms with Gasteiger partial charge in [0.1, 0.15) is 4.64 Å². The zero-order valence-electron chi connectivity index (χ0n) is 12.4. The number of nitrogens with one attached hydrogen (secondary N) is 3. The van der Waals surface area contributed by atoms with Crippen LogP contribution in [0.5, 0.6) is 0 Å². The van der Waals surface area contributed by atoms with Gasteiger partial charge in [-0.2, -0.15) is 0 Å². The van der Waals surface area contributed by atoms with Gasteiger partial charge in [-0.3, -0.25) is 9.59 Å². The molecule has 0 radical (unpaired) electrons. The van der Waals surface area contributed by atoms with E-state index in [0.717, 1.165) is 16.8 Å². The fraction of sp³-hybridized carbons (Fsp3) is 0.188. The minimum Gasteiger partial charge on any atom is -0.352 e. The highest BCUT2D eigenvalue weighted by Gasteiger charge is 2.10. The van der Waals surface area contributed by atoms with Crippen molar-refractivity contribution in [1.82, 2.24) is 10.3 Å². The van der Waals surface area contributed by atoms with E-state index < -0.39 is 0 Å². The Kier molecular flexibility index (Phi) is 5.06. The molecule has 0 aliphatic rings. The van der Waals surface area contributed by atoms with Crippen molar-refractivity contribution in [3.8, 4) is 0 Å². The van der Waals surface area contributed by atoms with Gasteiger partial charge in [-0.05, 0) is 43.2 Å². The predicted molar refractivity (Wildman–Crippen MR) is 88.5 cm³/mol. The summed E-state index contributed by atoms with van der Waals surface area (Å²) in [5, 5.41) is 5.34. The Bertz CT molecular complexity index is 768. The second-order valence-electron chi connectivity index (χ2n) is 4.89. The molecule has 0 saturated heterocycles. The summed E-state index contributed by atoms with van der Waals surface area (Å²) in [6, 6.07) is 8.97. The molecule has 2 aromatic rings. The summed E-state index contributed by atoms with van der Waals surface area (Å²) in [6.07, 6.45) is 1.65. The SMILES string of the molecule is Cc1cccc(NC(=O)CNC(=O)c2ccc[nH]c2=S)c1C. The van der Waals surface area contributed by atoms with Gasteiger partial charge in [0, 0.05) is 11.9 Å². The van der Waals surface area contributed by atoms with Crippen LogP contribution in [0.25, 0.3) is 0 Å². The normalized spacial score (nSPS) is 10.1. The van der Waals surface area contributed by atoms with E-state index in [1.54, 1.807) is 18.3 Å². The Morgan fingerprint density at radius 2 is 1.95 bits per heavy atom. The number of pyridine rings is 1. The number of hydrogen-bond acceptors (Lipinski definition) is 3. The molecule has 0 unspecified atom stereocenters. The van der Waals surface area contributed by atoms with Crippen LogP contribution in [0.1, 0.15) is 21.5 Å². The second-order valence-corrected chi connectivity index (χ2v) is 5.30. The van der Waals surface area contributed by atoms with Crippen LogP contribution in [0.2, 0.25) is 0 Å². The number of rotatable bonds is 4. The predicted octanol–water partition coefficient (Wildman–Crippen LogP) is 2.73. The van der Waals surface area contributed by atoms with E-state index >= 15 is 0 Å². The third-order valence-electron chi connectivity index (χ3n) is 3.35. The summed E-state index contributed by atoms with van der Waals surface area (Å²) in [7, 11) is 0. The quantitative estimate of drug-likeness (QED) is 0.760. The van der Waals surface area contributed by atoms with E-state index in [0.29, 0.717) is 10.2 Å². The molecule has 6 heteroatoms. The molecular weight excluding hydrogens is 298 g/mol. The molecule has 3 N–H and O–H groups in total. The first-order valence-electron chi connectivity index (χ1n) is 6.81. The first kappa shape index (κ1) is 15.9. The van der Waals surface area contributed by atoms with Crippen LogP contribution >= 0.6 is 12.2 Å². The van der Waals surface area contributed by atoms with Crippen LogP contribution < -0.4 is 10.6 Å². The Hall–Kier alpha value is -2.47. The van der Waals surface area contributed by atoms with Crippen LogP contribution in [0.3, 0.4) is 0 Å². The van der Waals surface area contributed by atoms with Crippen molar-refractivity contribution in [2.24, 2.45) is 0 Å². The minimum atomic E-state index is -0.377. The van der Waals surface area contributed by atoms with Crippen molar-refractivity contribution in [2.75, 3.05) is 11.9 Å². The first-order valence-corrected chi connectivity index (χ1v) is 7.22. The number of aromatic nitrogens is 1. The summed E-state index contributed by atoms with van der Waals surface area (Å²) in [5.41, 5.74) is 3.19. The van der Waals surface area contributed by atoms with Gasteiger partial charge in [0.05, 0.1) is 12.1 Å². The van der Waals surface area contributed by atoms with Gasteiger partial charge in [-0.1, -0.05) is 24.4 Å². The number of aromatic amines is 1. The number of hydrogen-bond donors (Lipinski definition) is 3. The lowest BCUT2D eigenvalue weighted by Crippen LogP contribution is -2.33. The molecule has 0 spiro atoms. The maximum atomic E-state index is 12.0. The maximum absolute atomic E-state index is 12.0. The third-order valence-corrected chi connectivity index (χ3v) is 3.69. The van der Waals surface area contributed by atoms with E-state index in [2.05, 4.69) is 15.6 Å². The zero-order chi connectivity index (χ0) is 16.1. The average molecular weight is 315 g/mol. The van der Waals surface area contributed by atoms with Crippen molar-refractivity contribution < 1.29 is 9.59 Å². The fourth-order valence-electron chi connectivity index (χ4n) is 1.94. The third kappa shape index (κ3) is 3.79. The van der Waals surface area contributed by atoms with Crippen molar-refractivity contribution in [3.63, 3.8) is 0 Å². The summed E-state index contributed by atoms with van der Waals surface area (Å²) in [5.74, 6) is -0.661. The Labute approximate surface area is 133 Å². The fourth-order valence-corrected chi connectivity index (χ4v) is 2.17. The van der Waals surface area contributed by atoms with Crippen molar-refractivity contribution >= 4 is 29.7 Å². The number of carbonyl (C=O) groups is 2. The number of benzene rings is 1. The van der Waals surface area contributed by atoms with Crippen LogP contribution in [-0.4, -0.2) is 23.3 Å². The van der Waals surface area contributed by atoms with E-state index in [1.807, 2.05) is 32.0 Å². The molecule has 1 aromatic heterocycles. The first-order chi connectivity index (χ1) is 10.5. The molecule has 2 amide bonds. The molecule has 0 aliphatic heterocycles. The molecule has 0 atom stereocenters. The van der Waals surface area contributed by atoms with Gasteiger partial charge in [0.2, 0.25) is 5.91 Å². The van der Waals surface area contributed by atoms with E-state index in [9.17, 15) is 9.59 Å². The van der Waals surface area contributed by atoms with Crippen LogP contribution in [-0.2, 0) is 4.79 Å². The Morgan fingerprint density at radius 1 is 1.18 bits per heavy atom. The molecule has 0 aliphatic carbocycles. The van der Waals surface area contributed by atoms with E-state index in [-0.39, 0.29) is 18.4 Å². The highest BCUT2D eigenvalue weighted by atomic mass is 32.1. The lowest BCUT2D eigenvalue weighted by Gasteiger charge is -2.11. The van der Waals surface area contributed by atoms with Gasteiger partial charge < -0.3 is 15.6 Å². The molecule has 114 valence electrons. The minimum absolute atomic E-state index is 0.115. The second kappa shape index (κ2) is 7.00. The highest BCUT2D eigenvalue weighted by molar-refractivity contribution is 7.71. The molecule has 0 bridgehead atoms.